The molecule has 0 saturated heterocycles. The summed E-state index contributed by atoms with van der Waals surface area (Å²) >= 11 is 0. The molecule has 6 heteroatoms. The van der Waals surface area contributed by atoms with Crippen molar-refractivity contribution in [3.63, 3.8) is 0 Å². The first-order valence-corrected chi connectivity index (χ1v) is 6.80. The van der Waals surface area contributed by atoms with Gasteiger partial charge in [0.25, 0.3) is 0 Å². The number of pyridine rings is 1. The van der Waals surface area contributed by atoms with Gasteiger partial charge in [0.1, 0.15) is 5.69 Å². The Labute approximate surface area is 121 Å². The predicted molar refractivity (Wildman–Crippen MR) is 74.5 cm³/mol. The predicted octanol–water partition coefficient (Wildman–Crippen LogP) is 2.57. The fourth-order valence-electron chi connectivity index (χ4n) is 2.52. The van der Waals surface area contributed by atoms with Crippen LogP contribution in [0.1, 0.15) is 30.3 Å². The van der Waals surface area contributed by atoms with E-state index in [0.29, 0.717) is 30.3 Å². The molecule has 0 radical (unpaired) electrons. The molecule has 0 aromatic carbocycles. The third-order valence-electron chi connectivity index (χ3n) is 3.63. The number of rotatable bonds is 3. The first-order valence-electron chi connectivity index (χ1n) is 6.80. The number of hydrogen-bond donors (Lipinski definition) is 1. The second-order valence-corrected chi connectivity index (χ2v) is 5.11. The van der Waals surface area contributed by atoms with Crippen molar-refractivity contribution < 1.29 is 14.4 Å². The number of nitrogens with zero attached hydrogens (tertiary/aromatic N) is 3. The fraction of sp³-hybridized carbons (Fsp3) is 0.333. The maximum Gasteiger partial charge on any atom is 0.307 e. The monoisotopic (exact) mass is 285 g/mol. The van der Waals surface area contributed by atoms with Crippen molar-refractivity contribution in [2.45, 2.75) is 25.7 Å². The van der Waals surface area contributed by atoms with Gasteiger partial charge in [-0.1, -0.05) is 23.4 Å². The Kier molecular flexibility index (Phi) is 3.51. The van der Waals surface area contributed by atoms with Crippen LogP contribution in [0.5, 0.6) is 0 Å². The largest absolute Gasteiger partial charge is 0.481 e. The molecule has 2 heterocycles. The number of allylic oxidation sites excluding steroid dienone is 2. The summed E-state index contributed by atoms with van der Waals surface area (Å²) in [7, 11) is 0. The molecule has 2 aromatic rings. The van der Waals surface area contributed by atoms with E-state index in [-0.39, 0.29) is 5.92 Å². The molecule has 108 valence electrons. The van der Waals surface area contributed by atoms with Gasteiger partial charge < -0.3 is 9.63 Å². The quantitative estimate of drug-likeness (QED) is 0.872. The van der Waals surface area contributed by atoms with Gasteiger partial charge >= 0.3 is 5.97 Å². The Bertz CT molecular complexity index is 693. The van der Waals surface area contributed by atoms with Crippen LogP contribution in [-0.4, -0.2) is 26.2 Å². The van der Waals surface area contributed by atoms with Crippen LogP contribution in [-0.2, 0) is 4.79 Å². The Morgan fingerprint density at radius 3 is 2.86 bits per heavy atom. The van der Waals surface area contributed by atoms with Crippen LogP contribution in [0.4, 0.5) is 0 Å². The summed E-state index contributed by atoms with van der Waals surface area (Å²) in [4.78, 5) is 20.0. The Morgan fingerprint density at radius 2 is 2.10 bits per heavy atom. The smallest absolute Gasteiger partial charge is 0.307 e. The second-order valence-electron chi connectivity index (χ2n) is 5.11. The zero-order chi connectivity index (χ0) is 14.8. The molecule has 0 unspecified atom stereocenters. The molecule has 1 aliphatic rings. The van der Waals surface area contributed by atoms with Gasteiger partial charge in [-0.3, -0.25) is 4.79 Å². The summed E-state index contributed by atoms with van der Waals surface area (Å²) in [6.07, 6.45) is 4.92. The van der Waals surface area contributed by atoms with E-state index in [2.05, 4.69) is 15.1 Å². The Morgan fingerprint density at radius 1 is 1.29 bits per heavy atom. The molecule has 2 aromatic heterocycles. The van der Waals surface area contributed by atoms with Crippen molar-refractivity contribution in [1.82, 2.24) is 15.1 Å². The molecule has 0 aliphatic heterocycles. The first-order chi connectivity index (χ1) is 10.1. The lowest BCUT2D eigenvalue weighted by Crippen LogP contribution is -2.23. The molecule has 0 bridgehead atoms. The molecule has 21 heavy (non-hydrogen) atoms. The van der Waals surface area contributed by atoms with Crippen molar-refractivity contribution in [3.05, 3.63) is 41.9 Å². The van der Waals surface area contributed by atoms with Gasteiger partial charge in [0.15, 0.2) is 0 Å². The SMILES string of the molecule is Cc1cccc(-c2noc([C@@H]3CC=CC[C@@H]3C(=O)O)n2)n1. The van der Waals surface area contributed by atoms with E-state index in [9.17, 15) is 9.90 Å². The van der Waals surface area contributed by atoms with E-state index in [1.165, 1.54) is 0 Å². The average Bonchev–Trinajstić information content (AvgIpc) is 2.97. The Balaban J connectivity index is 1.91. The molecular weight excluding hydrogens is 270 g/mol. The molecular formula is C15H15N3O3. The maximum atomic E-state index is 11.3. The summed E-state index contributed by atoms with van der Waals surface area (Å²) in [6.45, 7) is 1.89. The zero-order valence-corrected chi connectivity index (χ0v) is 11.6. The van der Waals surface area contributed by atoms with E-state index in [0.717, 1.165) is 5.69 Å². The highest BCUT2D eigenvalue weighted by atomic mass is 16.5. The van der Waals surface area contributed by atoms with E-state index in [1.807, 2.05) is 31.2 Å². The van der Waals surface area contributed by atoms with Crippen LogP contribution in [0.15, 0.2) is 34.9 Å². The number of aliphatic carboxylic acids is 1. The van der Waals surface area contributed by atoms with E-state index < -0.39 is 11.9 Å². The summed E-state index contributed by atoms with van der Waals surface area (Å²) < 4.78 is 5.28. The molecule has 1 N–H and O–H groups in total. The highest BCUT2D eigenvalue weighted by molar-refractivity contribution is 5.71. The fourth-order valence-corrected chi connectivity index (χ4v) is 2.52. The van der Waals surface area contributed by atoms with Crippen molar-refractivity contribution >= 4 is 5.97 Å². The lowest BCUT2D eigenvalue weighted by Gasteiger charge is -2.21. The van der Waals surface area contributed by atoms with Crippen molar-refractivity contribution in [2.75, 3.05) is 0 Å². The van der Waals surface area contributed by atoms with Gasteiger partial charge in [0.2, 0.25) is 11.7 Å². The summed E-state index contributed by atoms with van der Waals surface area (Å²) in [6, 6.07) is 5.56. The molecule has 1 aliphatic carbocycles. The van der Waals surface area contributed by atoms with Gasteiger partial charge in [0, 0.05) is 5.69 Å². The van der Waals surface area contributed by atoms with Crippen LogP contribution in [0.3, 0.4) is 0 Å². The molecule has 0 amide bonds. The summed E-state index contributed by atoms with van der Waals surface area (Å²) in [5.41, 5.74) is 1.49. The minimum Gasteiger partial charge on any atom is -0.481 e. The van der Waals surface area contributed by atoms with Gasteiger partial charge in [-0.2, -0.15) is 4.98 Å². The highest BCUT2D eigenvalue weighted by Crippen LogP contribution is 2.34. The molecule has 0 fully saturated rings. The van der Waals surface area contributed by atoms with E-state index in [4.69, 9.17) is 4.52 Å². The molecule has 0 spiro atoms. The summed E-state index contributed by atoms with van der Waals surface area (Å²) in [5.74, 6) is -0.873. The molecule has 6 nitrogen and oxygen atoms in total. The minimum atomic E-state index is -0.835. The van der Waals surface area contributed by atoms with Crippen molar-refractivity contribution in [1.29, 1.82) is 0 Å². The van der Waals surface area contributed by atoms with Crippen LogP contribution >= 0.6 is 0 Å². The van der Waals surface area contributed by atoms with E-state index in [1.54, 1.807) is 6.07 Å². The number of carboxylic acid groups (broad SMARTS) is 1. The van der Waals surface area contributed by atoms with Crippen molar-refractivity contribution in [2.24, 2.45) is 5.92 Å². The number of carboxylic acids is 1. The molecule has 3 rings (SSSR count). The summed E-state index contributed by atoms with van der Waals surface area (Å²) in [5, 5.41) is 13.2. The highest BCUT2D eigenvalue weighted by Gasteiger charge is 2.34. The van der Waals surface area contributed by atoms with Crippen LogP contribution in [0.25, 0.3) is 11.5 Å². The topological polar surface area (TPSA) is 89.1 Å². The van der Waals surface area contributed by atoms with Gasteiger partial charge in [0.05, 0.1) is 11.8 Å². The molecule has 2 atom stereocenters. The van der Waals surface area contributed by atoms with Gasteiger partial charge in [-0.25, -0.2) is 4.98 Å². The van der Waals surface area contributed by atoms with Crippen molar-refractivity contribution in [3.8, 4) is 11.5 Å². The first kappa shape index (κ1) is 13.5. The van der Waals surface area contributed by atoms with Gasteiger partial charge in [-0.05, 0) is 31.9 Å². The van der Waals surface area contributed by atoms with Crippen LogP contribution < -0.4 is 0 Å². The molecule has 0 saturated carbocycles. The Hall–Kier alpha value is -2.50. The number of hydrogen-bond acceptors (Lipinski definition) is 5. The number of carbonyl (C=O) groups is 1. The van der Waals surface area contributed by atoms with Crippen LogP contribution in [0, 0.1) is 12.8 Å². The standard InChI is InChI=1S/C15H15N3O3/c1-9-5-4-8-12(16-9)13-17-14(21-18-13)10-6-2-3-7-11(10)15(19)20/h2-5,8,10-11H,6-7H2,1H3,(H,19,20)/t10-,11+/m1/s1. The lowest BCUT2D eigenvalue weighted by molar-refractivity contribution is -0.142. The average molecular weight is 285 g/mol. The second kappa shape index (κ2) is 5.47. The number of aryl methyl sites for hydroxylation is 1. The zero-order valence-electron chi connectivity index (χ0n) is 11.6. The lowest BCUT2D eigenvalue weighted by atomic mass is 9.83. The normalized spacial score (nSPS) is 21.4. The minimum absolute atomic E-state index is 0.279. The third kappa shape index (κ3) is 2.69. The maximum absolute atomic E-state index is 11.3. The van der Waals surface area contributed by atoms with Crippen LogP contribution in [0.2, 0.25) is 0 Å². The van der Waals surface area contributed by atoms with Gasteiger partial charge in [-0.15, -0.1) is 0 Å². The number of aromatic nitrogens is 3. The third-order valence-corrected chi connectivity index (χ3v) is 3.63. The van der Waals surface area contributed by atoms with E-state index >= 15 is 0 Å².